The average molecular weight is 374 g/mol. The standard InChI is InChI=1S/C22H28ClNO2/c1-2-12-22(25,19-8-10-20(23)11-9-19)21(18-6-4-3-5-7-18)17-24-13-15-26-16-14-24/h3-11,21,25H,2,12-17H2,1H3/t21-,22-/m0/s1. The van der Waals surface area contributed by atoms with Crippen LogP contribution in [-0.2, 0) is 10.3 Å². The van der Waals surface area contributed by atoms with Gasteiger partial charge in [0.25, 0.3) is 0 Å². The number of halogens is 1. The lowest BCUT2D eigenvalue weighted by Gasteiger charge is -2.41. The summed E-state index contributed by atoms with van der Waals surface area (Å²) in [6.45, 7) is 6.27. The first-order chi connectivity index (χ1) is 12.6. The maximum absolute atomic E-state index is 11.9. The van der Waals surface area contributed by atoms with Gasteiger partial charge in [0, 0.05) is 30.6 Å². The molecule has 1 aliphatic heterocycles. The van der Waals surface area contributed by atoms with Crippen LogP contribution in [0, 0.1) is 0 Å². The highest BCUT2D eigenvalue weighted by atomic mass is 35.5. The zero-order valence-corrected chi connectivity index (χ0v) is 16.2. The molecule has 26 heavy (non-hydrogen) atoms. The topological polar surface area (TPSA) is 32.7 Å². The van der Waals surface area contributed by atoms with Crippen molar-refractivity contribution in [3.8, 4) is 0 Å². The van der Waals surface area contributed by atoms with Crippen molar-refractivity contribution in [1.29, 1.82) is 0 Å². The van der Waals surface area contributed by atoms with Crippen LogP contribution in [0.5, 0.6) is 0 Å². The van der Waals surface area contributed by atoms with E-state index >= 15 is 0 Å². The molecule has 2 aromatic rings. The predicted molar refractivity (Wildman–Crippen MR) is 107 cm³/mol. The van der Waals surface area contributed by atoms with Crippen molar-refractivity contribution in [3.05, 3.63) is 70.7 Å². The molecule has 1 heterocycles. The molecule has 3 rings (SSSR count). The zero-order chi connectivity index (χ0) is 18.4. The summed E-state index contributed by atoms with van der Waals surface area (Å²) in [5.41, 5.74) is 1.18. The molecule has 1 fully saturated rings. The minimum Gasteiger partial charge on any atom is -0.384 e. The molecule has 0 aromatic heterocycles. The minimum atomic E-state index is -0.932. The molecular weight excluding hydrogens is 346 g/mol. The molecule has 1 saturated heterocycles. The summed E-state index contributed by atoms with van der Waals surface area (Å²) in [4.78, 5) is 2.40. The second kappa shape index (κ2) is 9.01. The second-order valence-electron chi connectivity index (χ2n) is 7.06. The van der Waals surface area contributed by atoms with Gasteiger partial charge in [-0.05, 0) is 29.7 Å². The lowest BCUT2D eigenvalue weighted by atomic mass is 9.74. The number of ether oxygens (including phenoxy) is 1. The molecule has 0 amide bonds. The largest absolute Gasteiger partial charge is 0.384 e. The second-order valence-corrected chi connectivity index (χ2v) is 7.49. The molecule has 0 spiro atoms. The van der Waals surface area contributed by atoms with Crippen LogP contribution in [0.15, 0.2) is 54.6 Å². The van der Waals surface area contributed by atoms with Crippen molar-refractivity contribution in [2.24, 2.45) is 0 Å². The molecule has 140 valence electrons. The third-order valence-corrected chi connectivity index (χ3v) is 5.55. The molecule has 0 saturated carbocycles. The van der Waals surface area contributed by atoms with Crippen LogP contribution in [0.25, 0.3) is 0 Å². The molecular formula is C22H28ClNO2. The number of hydrogen-bond acceptors (Lipinski definition) is 3. The van der Waals surface area contributed by atoms with E-state index in [2.05, 4.69) is 36.1 Å². The van der Waals surface area contributed by atoms with Crippen molar-refractivity contribution in [1.82, 2.24) is 4.90 Å². The van der Waals surface area contributed by atoms with Crippen molar-refractivity contribution in [2.75, 3.05) is 32.8 Å². The van der Waals surface area contributed by atoms with Gasteiger partial charge in [0.05, 0.1) is 18.8 Å². The maximum atomic E-state index is 11.9. The van der Waals surface area contributed by atoms with E-state index in [1.807, 2.05) is 30.3 Å². The number of rotatable bonds is 7. The van der Waals surface area contributed by atoms with Crippen molar-refractivity contribution in [2.45, 2.75) is 31.3 Å². The van der Waals surface area contributed by atoms with Gasteiger partial charge in [0.15, 0.2) is 0 Å². The van der Waals surface area contributed by atoms with Crippen molar-refractivity contribution >= 4 is 11.6 Å². The Balaban J connectivity index is 1.99. The molecule has 1 aliphatic rings. The molecule has 0 radical (unpaired) electrons. The summed E-state index contributed by atoms with van der Waals surface area (Å²) in [7, 11) is 0. The molecule has 3 nitrogen and oxygen atoms in total. The maximum Gasteiger partial charge on any atom is 0.0976 e. The number of morpholine rings is 1. The summed E-state index contributed by atoms with van der Waals surface area (Å²) < 4.78 is 5.50. The van der Waals surface area contributed by atoms with E-state index in [0.29, 0.717) is 11.4 Å². The molecule has 2 aromatic carbocycles. The molecule has 2 atom stereocenters. The van der Waals surface area contributed by atoms with Gasteiger partial charge in [-0.2, -0.15) is 0 Å². The fraction of sp³-hybridized carbons (Fsp3) is 0.455. The normalized spacial score (nSPS) is 19.0. The SMILES string of the molecule is CCC[C@](O)(c1ccc(Cl)cc1)[C@@H](CN1CCOCC1)c1ccccc1. The van der Waals surface area contributed by atoms with Crippen molar-refractivity contribution < 1.29 is 9.84 Å². The fourth-order valence-electron chi connectivity index (χ4n) is 3.90. The van der Waals surface area contributed by atoms with Gasteiger partial charge in [-0.15, -0.1) is 0 Å². The van der Waals surface area contributed by atoms with Crippen molar-refractivity contribution in [3.63, 3.8) is 0 Å². The molecule has 0 aliphatic carbocycles. The summed E-state index contributed by atoms with van der Waals surface area (Å²) in [5.74, 6) is -0.0112. The van der Waals surface area contributed by atoms with Crippen LogP contribution in [0.2, 0.25) is 5.02 Å². The van der Waals surface area contributed by atoms with Gasteiger partial charge in [0.2, 0.25) is 0 Å². The highest BCUT2D eigenvalue weighted by Gasteiger charge is 2.39. The summed E-state index contributed by atoms with van der Waals surface area (Å²) in [6.07, 6.45) is 1.62. The Kier molecular flexibility index (Phi) is 6.71. The van der Waals surface area contributed by atoms with Crippen LogP contribution in [0.3, 0.4) is 0 Å². The van der Waals surface area contributed by atoms with Crippen LogP contribution >= 0.6 is 11.6 Å². The zero-order valence-electron chi connectivity index (χ0n) is 15.4. The Morgan fingerprint density at radius 3 is 2.35 bits per heavy atom. The molecule has 4 heteroatoms. The fourth-order valence-corrected chi connectivity index (χ4v) is 4.02. The third-order valence-electron chi connectivity index (χ3n) is 5.30. The van der Waals surface area contributed by atoms with Gasteiger partial charge >= 0.3 is 0 Å². The summed E-state index contributed by atoms with van der Waals surface area (Å²) in [6, 6.07) is 18.1. The van der Waals surface area contributed by atoms with Gasteiger partial charge in [-0.1, -0.05) is 67.4 Å². The van der Waals surface area contributed by atoms with Gasteiger partial charge in [-0.3, -0.25) is 4.90 Å². The number of benzene rings is 2. The first-order valence-electron chi connectivity index (χ1n) is 9.47. The first kappa shape index (κ1) is 19.4. The molecule has 0 bridgehead atoms. The highest BCUT2D eigenvalue weighted by Crippen LogP contribution is 2.41. The van der Waals surface area contributed by atoms with Gasteiger partial charge < -0.3 is 9.84 Å². The monoisotopic (exact) mass is 373 g/mol. The molecule has 1 N–H and O–H groups in total. The van der Waals surface area contributed by atoms with E-state index < -0.39 is 5.60 Å². The lowest BCUT2D eigenvalue weighted by molar-refractivity contribution is -0.0285. The first-order valence-corrected chi connectivity index (χ1v) is 9.84. The van der Waals surface area contributed by atoms with Crippen LogP contribution < -0.4 is 0 Å². The summed E-state index contributed by atoms with van der Waals surface area (Å²) in [5, 5.41) is 12.6. The van der Waals surface area contributed by atoms with E-state index in [-0.39, 0.29) is 5.92 Å². The Bertz CT molecular complexity index is 670. The Morgan fingerprint density at radius 1 is 1.08 bits per heavy atom. The minimum absolute atomic E-state index is 0.0112. The van der Waals surface area contributed by atoms with E-state index in [1.165, 1.54) is 5.56 Å². The van der Waals surface area contributed by atoms with E-state index in [0.717, 1.165) is 44.8 Å². The van der Waals surface area contributed by atoms with E-state index in [4.69, 9.17) is 16.3 Å². The van der Waals surface area contributed by atoms with Crippen LogP contribution in [-0.4, -0.2) is 42.9 Å². The molecule has 0 unspecified atom stereocenters. The lowest BCUT2D eigenvalue weighted by Crippen LogP contribution is -2.45. The van der Waals surface area contributed by atoms with E-state index in [1.54, 1.807) is 0 Å². The number of aliphatic hydroxyl groups is 1. The van der Waals surface area contributed by atoms with Gasteiger partial charge in [0.1, 0.15) is 0 Å². The Morgan fingerprint density at radius 2 is 1.73 bits per heavy atom. The predicted octanol–water partition coefficient (Wildman–Crippen LogP) is 4.44. The summed E-state index contributed by atoms with van der Waals surface area (Å²) >= 11 is 6.09. The quantitative estimate of drug-likeness (QED) is 0.778. The Labute approximate surface area is 161 Å². The van der Waals surface area contributed by atoms with E-state index in [9.17, 15) is 5.11 Å². The smallest absolute Gasteiger partial charge is 0.0976 e. The number of hydrogen-bond donors (Lipinski definition) is 1. The van der Waals surface area contributed by atoms with Crippen LogP contribution in [0.4, 0.5) is 0 Å². The van der Waals surface area contributed by atoms with Crippen LogP contribution in [0.1, 0.15) is 36.8 Å². The number of nitrogens with zero attached hydrogens (tertiary/aromatic N) is 1. The third kappa shape index (κ3) is 4.47. The van der Waals surface area contributed by atoms with Gasteiger partial charge in [-0.25, -0.2) is 0 Å². The highest BCUT2D eigenvalue weighted by molar-refractivity contribution is 6.30. The Hall–Kier alpha value is -1.39. The average Bonchev–Trinajstić information content (AvgIpc) is 2.68.